The molecule has 0 amide bonds. The summed E-state index contributed by atoms with van der Waals surface area (Å²) in [7, 11) is 0. The molecule has 1 aliphatic heterocycles. The Morgan fingerprint density at radius 2 is 2.00 bits per heavy atom. The summed E-state index contributed by atoms with van der Waals surface area (Å²) in [6, 6.07) is 0.779. The van der Waals surface area contributed by atoms with Gasteiger partial charge >= 0.3 is 0 Å². The van der Waals surface area contributed by atoms with Gasteiger partial charge in [-0.25, -0.2) is 4.98 Å². The molecule has 0 atom stereocenters. The fraction of sp³-hybridized carbons (Fsp3) is 0.824. The van der Waals surface area contributed by atoms with E-state index in [1.54, 1.807) is 0 Å². The van der Waals surface area contributed by atoms with Crippen LogP contribution >= 0.6 is 11.3 Å². The predicted molar refractivity (Wildman–Crippen MR) is 91.2 cm³/mol. The Hall–Kier alpha value is -0.610. The van der Waals surface area contributed by atoms with Crippen molar-refractivity contribution in [2.45, 2.75) is 71.9 Å². The molecule has 1 aliphatic carbocycles. The summed E-state index contributed by atoms with van der Waals surface area (Å²) in [5.74, 6) is 0. The average Bonchev–Trinajstić information content (AvgIpc) is 3.19. The molecule has 0 bridgehead atoms. The topological polar surface area (TPSA) is 28.2 Å². The van der Waals surface area contributed by atoms with E-state index in [0.29, 0.717) is 5.41 Å². The van der Waals surface area contributed by atoms with E-state index in [4.69, 9.17) is 4.98 Å². The van der Waals surface area contributed by atoms with Crippen LogP contribution in [0.2, 0.25) is 0 Å². The van der Waals surface area contributed by atoms with Gasteiger partial charge in [0.2, 0.25) is 0 Å². The third-order valence-electron chi connectivity index (χ3n) is 4.77. The Morgan fingerprint density at radius 1 is 1.29 bits per heavy atom. The van der Waals surface area contributed by atoms with Crippen LogP contribution in [0.4, 0.5) is 5.13 Å². The summed E-state index contributed by atoms with van der Waals surface area (Å²) in [5.41, 5.74) is 1.85. The summed E-state index contributed by atoms with van der Waals surface area (Å²) in [5, 5.41) is 4.92. The first-order chi connectivity index (χ1) is 10.1. The molecule has 1 N–H and O–H groups in total. The lowest BCUT2D eigenvalue weighted by molar-refractivity contribution is 0.279. The van der Waals surface area contributed by atoms with Crippen molar-refractivity contribution in [1.29, 1.82) is 0 Å². The maximum Gasteiger partial charge on any atom is 0.185 e. The first-order valence-corrected chi connectivity index (χ1v) is 9.36. The standard InChI is InChI=1S/C17H29N3S/c1-4-5-14-15(12-18-13-6-7-13)21-16(19-14)20-10-8-17(2,3)9-11-20/h13,18H,4-12H2,1-3H3. The highest BCUT2D eigenvalue weighted by atomic mass is 32.1. The van der Waals surface area contributed by atoms with Gasteiger partial charge in [-0.05, 0) is 37.5 Å². The Labute approximate surface area is 133 Å². The van der Waals surface area contributed by atoms with Crippen LogP contribution in [-0.4, -0.2) is 24.1 Å². The zero-order valence-electron chi connectivity index (χ0n) is 13.7. The van der Waals surface area contributed by atoms with E-state index in [2.05, 4.69) is 31.0 Å². The largest absolute Gasteiger partial charge is 0.348 e. The molecular formula is C17H29N3S. The van der Waals surface area contributed by atoms with Gasteiger partial charge in [0.05, 0.1) is 5.69 Å². The Morgan fingerprint density at radius 3 is 2.62 bits per heavy atom. The SMILES string of the molecule is CCCc1nc(N2CCC(C)(C)CC2)sc1CNC1CC1. The minimum atomic E-state index is 0.510. The molecule has 0 aromatic carbocycles. The number of piperidine rings is 1. The molecule has 0 spiro atoms. The number of nitrogens with one attached hydrogen (secondary N) is 1. The van der Waals surface area contributed by atoms with Gasteiger partial charge in [0.25, 0.3) is 0 Å². The highest BCUT2D eigenvalue weighted by Crippen LogP contribution is 2.35. The van der Waals surface area contributed by atoms with Gasteiger partial charge in [-0.3, -0.25) is 0 Å². The van der Waals surface area contributed by atoms with Gasteiger partial charge < -0.3 is 10.2 Å². The second kappa shape index (κ2) is 6.25. The van der Waals surface area contributed by atoms with Gasteiger partial charge in [0.15, 0.2) is 5.13 Å². The summed E-state index contributed by atoms with van der Waals surface area (Å²) in [4.78, 5) is 8.96. The number of thiazole rings is 1. The molecule has 2 aliphatic rings. The lowest BCUT2D eigenvalue weighted by atomic mass is 9.83. The lowest BCUT2D eigenvalue weighted by Gasteiger charge is -2.36. The van der Waals surface area contributed by atoms with Crippen LogP contribution in [0.3, 0.4) is 0 Å². The molecule has 2 heterocycles. The molecule has 118 valence electrons. The van der Waals surface area contributed by atoms with E-state index in [1.165, 1.54) is 60.9 Å². The molecule has 21 heavy (non-hydrogen) atoms. The fourth-order valence-corrected chi connectivity index (χ4v) is 4.01. The number of rotatable bonds is 6. The van der Waals surface area contributed by atoms with Crippen molar-refractivity contribution in [2.24, 2.45) is 5.41 Å². The number of anilines is 1. The van der Waals surface area contributed by atoms with E-state index in [1.807, 2.05) is 11.3 Å². The van der Waals surface area contributed by atoms with Crippen molar-refractivity contribution in [3.05, 3.63) is 10.6 Å². The minimum absolute atomic E-state index is 0.510. The fourth-order valence-electron chi connectivity index (χ4n) is 2.90. The van der Waals surface area contributed by atoms with Crippen molar-refractivity contribution in [2.75, 3.05) is 18.0 Å². The monoisotopic (exact) mass is 307 g/mol. The van der Waals surface area contributed by atoms with E-state index in [-0.39, 0.29) is 0 Å². The molecule has 0 radical (unpaired) electrons. The predicted octanol–water partition coefficient (Wildman–Crippen LogP) is 3.97. The number of hydrogen-bond donors (Lipinski definition) is 1. The molecular weight excluding hydrogens is 278 g/mol. The lowest BCUT2D eigenvalue weighted by Crippen LogP contribution is -2.37. The van der Waals surface area contributed by atoms with Crippen molar-refractivity contribution in [3.8, 4) is 0 Å². The van der Waals surface area contributed by atoms with Crippen LogP contribution in [0.15, 0.2) is 0 Å². The smallest absolute Gasteiger partial charge is 0.185 e. The van der Waals surface area contributed by atoms with E-state index >= 15 is 0 Å². The molecule has 1 saturated heterocycles. The molecule has 1 saturated carbocycles. The number of hydrogen-bond acceptors (Lipinski definition) is 4. The average molecular weight is 308 g/mol. The third kappa shape index (κ3) is 3.98. The Balaban J connectivity index is 1.68. The van der Waals surface area contributed by atoms with Crippen LogP contribution in [0.1, 0.15) is 63.4 Å². The minimum Gasteiger partial charge on any atom is -0.348 e. The molecule has 0 unspecified atom stereocenters. The van der Waals surface area contributed by atoms with Gasteiger partial charge in [0, 0.05) is 30.6 Å². The molecule has 3 rings (SSSR count). The highest BCUT2D eigenvalue weighted by Gasteiger charge is 2.28. The Bertz CT molecular complexity index is 466. The maximum absolute atomic E-state index is 4.97. The third-order valence-corrected chi connectivity index (χ3v) is 5.93. The number of nitrogens with zero attached hydrogens (tertiary/aromatic N) is 2. The number of aromatic nitrogens is 1. The molecule has 3 nitrogen and oxygen atoms in total. The molecule has 1 aromatic rings. The summed E-state index contributed by atoms with van der Waals surface area (Å²) in [6.45, 7) is 10.4. The number of aryl methyl sites for hydroxylation is 1. The summed E-state index contributed by atoms with van der Waals surface area (Å²) >= 11 is 1.93. The second-order valence-corrected chi connectivity index (χ2v) is 8.48. The molecule has 2 fully saturated rings. The van der Waals surface area contributed by atoms with Crippen molar-refractivity contribution in [1.82, 2.24) is 10.3 Å². The van der Waals surface area contributed by atoms with Crippen LogP contribution in [0.25, 0.3) is 0 Å². The zero-order chi connectivity index (χ0) is 14.9. The van der Waals surface area contributed by atoms with Crippen LogP contribution in [-0.2, 0) is 13.0 Å². The summed E-state index contributed by atoms with van der Waals surface area (Å²) in [6.07, 6.45) is 7.59. The van der Waals surface area contributed by atoms with Gasteiger partial charge in [-0.2, -0.15) is 0 Å². The van der Waals surface area contributed by atoms with Crippen LogP contribution < -0.4 is 10.2 Å². The first-order valence-electron chi connectivity index (χ1n) is 8.54. The van der Waals surface area contributed by atoms with Crippen LogP contribution in [0.5, 0.6) is 0 Å². The van der Waals surface area contributed by atoms with E-state index in [9.17, 15) is 0 Å². The highest BCUT2D eigenvalue weighted by molar-refractivity contribution is 7.15. The zero-order valence-corrected chi connectivity index (χ0v) is 14.6. The van der Waals surface area contributed by atoms with Crippen molar-refractivity contribution >= 4 is 16.5 Å². The van der Waals surface area contributed by atoms with Crippen LogP contribution in [0, 0.1) is 5.41 Å². The van der Waals surface area contributed by atoms with E-state index in [0.717, 1.165) is 19.0 Å². The van der Waals surface area contributed by atoms with Gasteiger partial charge in [-0.15, -0.1) is 11.3 Å². The quantitative estimate of drug-likeness (QED) is 0.862. The normalized spacial score (nSPS) is 21.8. The van der Waals surface area contributed by atoms with E-state index < -0.39 is 0 Å². The Kier molecular flexibility index (Phi) is 4.55. The summed E-state index contributed by atoms with van der Waals surface area (Å²) < 4.78 is 0. The van der Waals surface area contributed by atoms with Gasteiger partial charge in [-0.1, -0.05) is 27.2 Å². The first kappa shape index (κ1) is 15.3. The maximum atomic E-state index is 4.97. The second-order valence-electron chi connectivity index (χ2n) is 7.42. The van der Waals surface area contributed by atoms with Gasteiger partial charge in [0.1, 0.15) is 0 Å². The van der Waals surface area contributed by atoms with Crippen molar-refractivity contribution < 1.29 is 0 Å². The molecule has 1 aromatic heterocycles. The van der Waals surface area contributed by atoms with Crippen molar-refractivity contribution in [3.63, 3.8) is 0 Å². The molecule has 4 heteroatoms.